The van der Waals surface area contributed by atoms with Gasteiger partial charge in [-0.25, -0.2) is 0 Å². The number of Topliss-reactive ketones (excluding diaryl/α,β-unsaturated/α-hetero) is 1. The van der Waals surface area contributed by atoms with Gasteiger partial charge in [-0.05, 0) is 95.6 Å². The third-order valence-corrected chi connectivity index (χ3v) is 14.7. The lowest BCUT2D eigenvalue weighted by Crippen LogP contribution is -2.63. The van der Waals surface area contributed by atoms with Gasteiger partial charge in [-0.1, -0.05) is 55.4 Å². The molecule has 0 aromatic heterocycles. The van der Waals surface area contributed by atoms with Crippen molar-refractivity contribution in [3.8, 4) is 0 Å². The summed E-state index contributed by atoms with van der Waals surface area (Å²) >= 11 is 0. The molecule has 4 fully saturated rings. The van der Waals surface area contributed by atoms with Gasteiger partial charge in [0.25, 0.3) is 0 Å². The number of hydrogen-bond donors (Lipinski definition) is 3. The summed E-state index contributed by atoms with van der Waals surface area (Å²) < 4.78 is 40.1. The molecule has 2 spiro atoms. The molecule has 0 amide bonds. The maximum Gasteiger partial charge on any atom is 0.309 e. The number of aliphatic carboxylic acids is 1. The number of ether oxygens (including phenoxy) is 6. The van der Waals surface area contributed by atoms with Crippen LogP contribution in [-0.2, 0) is 38.0 Å². The summed E-state index contributed by atoms with van der Waals surface area (Å²) in [7, 11) is 1.65. The second kappa shape index (κ2) is 16.8. The molecule has 5 heterocycles. The minimum absolute atomic E-state index is 0.0445. The predicted molar refractivity (Wildman–Crippen MR) is 203 cm³/mol. The van der Waals surface area contributed by atoms with Crippen LogP contribution in [0.1, 0.15) is 133 Å². The largest absolute Gasteiger partial charge is 0.481 e. The number of carbonyl (C=O) groups excluding carboxylic acids is 1. The Morgan fingerprint density at radius 2 is 1.59 bits per heavy atom. The Balaban J connectivity index is 1.33. The Morgan fingerprint density at radius 1 is 0.907 bits per heavy atom. The molecule has 11 heteroatoms. The normalized spacial score (nSPS) is 45.5. The van der Waals surface area contributed by atoms with E-state index in [9.17, 15) is 24.9 Å². The number of carboxylic acid groups (broad SMARTS) is 1. The fraction of sp³-hybridized carbons (Fsp3) is 0.907. The number of ketones is 1. The smallest absolute Gasteiger partial charge is 0.309 e. The van der Waals surface area contributed by atoms with E-state index >= 15 is 0 Å². The third kappa shape index (κ3) is 8.00. The van der Waals surface area contributed by atoms with E-state index < -0.39 is 70.9 Å². The fourth-order valence-corrected chi connectivity index (χ4v) is 10.7. The molecule has 5 rings (SSSR count). The quantitative estimate of drug-likeness (QED) is 0.169. The van der Waals surface area contributed by atoms with Gasteiger partial charge in [0.1, 0.15) is 11.9 Å². The molecular weight excluding hydrogens is 692 g/mol. The van der Waals surface area contributed by atoms with Crippen molar-refractivity contribution >= 4 is 11.8 Å². The summed E-state index contributed by atoms with van der Waals surface area (Å²) in [6.45, 7) is 19.9. The van der Waals surface area contributed by atoms with Gasteiger partial charge in [0, 0.05) is 37.2 Å². The molecule has 4 saturated heterocycles. The average molecular weight is 765 g/mol. The van der Waals surface area contributed by atoms with Gasteiger partial charge in [0.2, 0.25) is 5.79 Å². The standard InChI is InChI=1S/C43H72O11/c1-12-30(39(46)47)32-16-15-24(4)37(51-32)28(8)35(44)27(7)36(45)31(13-2)38-25(5)23-26(6)42(52-38)20-18-34(49-11)43(54-42)22-21-40(10,53-43)33-17-19-41(48,14-3)29(9)50-33/h18,20,24-35,37-38,44,48H,12-17,19,21-23H2,1-11H3,(H,46,47)/t24-,25-,26+,27-,28-,29-,30+,31-,32+,33+,34-,35+,37+,38-,40-,41+,42-,43-/m0/s1. The van der Waals surface area contributed by atoms with Crippen LogP contribution in [0.4, 0.5) is 0 Å². The maximum absolute atomic E-state index is 14.5. The number of rotatable bonds is 13. The molecule has 0 aliphatic carbocycles. The van der Waals surface area contributed by atoms with Crippen molar-refractivity contribution < 1.29 is 53.3 Å². The summed E-state index contributed by atoms with van der Waals surface area (Å²) in [5.74, 6) is -5.27. The molecule has 310 valence electrons. The van der Waals surface area contributed by atoms with E-state index in [1.807, 2.05) is 46.8 Å². The van der Waals surface area contributed by atoms with Crippen molar-refractivity contribution in [1.82, 2.24) is 0 Å². The van der Waals surface area contributed by atoms with Crippen molar-refractivity contribution in [2.45, 2.75) is 199 Å². The SMILES string of the molecule is CC[C@@H](C(=O)[C@@H](C)[C@@H](O)[C@H](C)[C@@H]1O[C@@H]([C@@H](CC)C(=O)O)CC[C@@H]1C)[C@H]1O[C@]2(C=C[C@H](OC)[C@]3(CC[C@@](C)([C@H]4CC[C@](O)(CC)[C@H](C)O4)O3)O2)[C@H](C)C[C@@H]1C. The first kappa shape index (κ1) is 43.7. The van der Waals surface area contributed by atoms with E-state index in [-0.39, 0.29) is 47.8 Å². The summed E-state index contributed by atoms with van der Waals surface area (Å²) in [5.41, 5.74) is -1.53. The first-order chi connectivity index (χ1) is 25.3. The Kier molecular flexibility index (Phi) is 13.6. The molecule has 0 unspecified atom stereocenters. The molecular formula is C43H72O11. The molecule has 0 saturated carbocycles. The summed E-state index contributed by atoms with van der Waals surface area (Å²) in [6, 6.07) is 0. The summed E-state index contributed by atoms with van der Waals surface area (Å²) in [5, 5.41) is 32.6. The van der Waals surface area contributed by atoms with Gasteiger partial charge < -0.3 is 43.7 Å². The lowest BCUT2D eigenvalue weighted by molar-refractivity contribution is -0.410. The zero-order valence-electron chi connectivity index (χ0n) is 34.9. The first-order valence-corrected chi connectivity index (χ1v) is 21.1. The highest BCUT2D eigenvalue weighted by atomic mass is 16.8. The van der Waals surface area contributed by atoms with E-state index in [0.29, 0.717) is 51.4 Å². The van der Waals surface area contributed by atoms with Crippen molar-refractivity contribution in [2.24, 2.45) is 41.4 Å². The van der Waals surface area contributed by atoms with Crippen LogP contribution in [-0.4, -0.2) is 99.7 Å². The van der Waals surface area contributed by atoms with E-state index in [0.717, 1.165) is 12.8 Å². The van der Waals surface area contributed by atoms with Crippen LogP contribution in [0.25, 0.3) is 0 Å². The number of aliphatic hydroxyl groups is 2. The van der Waals surface area contributed by atoms with Crippen LogP contribution in [0, 0.1) is 41.4 Å². The van der Waals surface area contributed by atoms with Gasteiger partial charge in [0.05, 0.1) is 53.7 Å². The molecule has 54 heavy (non-hydrogen) atoms. The van der Waals surface area contributed by atoms with Crippen LogP contribution in [0.2, 0.25) is 0 Å². The Labute approximate surface area is 324 Å². The third-order valence-electron chi connectivity index (χ3n) is 14.7. The Bertz CT molecular complexity index is 1340. The highest BCUT2D eigenvalue weighted by Gasteiger charge is 2.63. The van der Waals surface area contributed by atoms with Gasteiger partial charge in [-0.15, -0.1) is 0 Å². The fourth-order valence-electron chi connectivity index (χ4n) is 10.7. The lowest BCUT2D eigenvalue weighted by Gasteiger charge is -2.54. The molecule has 0 bridgehead atoms. The van der Waals surface area contributed by atoms with E-state index in [4.69, 9.17) is 28.4 Å². The molecule has 18 atom stereocenters. The maximum atomic E-state index is 14.5. The first-order valence-electron chi connectivity index (χ1n) is 21.1. The van der Waals surface area contributed by atoms with E-state index in [1.54, 1.807) is 14.0 Å². The summed E-state index contributed by atoms with van der Waals surface area (Å²) in [4.78, 5) is 26.4. The Hall–Kier alpha value is -1.44. The minimum Gasteiger partial charge on any atom is -0.481 e. The number of carbonyl (C=O) groups is 2. The van der Waals surface area contributed by atoms with Crippen LogP contribution in [0.5, 0.6) is 0 Å². The molecule has 0 radical (unpaired) electrons. The highest BCUT2D eigenvalue weighted by molar-refractivity contribution is 5.84. The van der Waals surface area contributed by atoms with Crippen molar-refractivity contribution in [1.29, 1.82) is 0 Å². The topological polar surface area (TPSA) is 150 Å². The second-order valence-corrected chi connectivity index (χ2v) is 18.1. The summed E-state index contributed by atoms with van der Waals surface area (Å²) in [6.07, 6.45) is 7.07. The zero-order valence-corrected chi connectivity index (χ0v) is 34.9. The number of carboxylic acids is 1. The van der Waals surface area contributed by atoms with Crippen LogP contribution in [0.3, 0.4) is 0 Å². The number of hydrogen-bond acceptors (Lipinski definition) is 10. The van der Waals surface area contributed by atoms with Crippen LogP contribution in [0.15, 0.2) is 12.2 Å². The van der Waals surface area contributed by atoms with Crippen molar-refractivity contribution in [2.75, 3.05) is 7.11 Å². The highest BCUT2D eigenvalue weighted by Crippen LogP contribution is 2.54. The average Bonchev–Trinajstić information content (AvgIpc) is 3.48. The zero-order chi connectivity index (χ0) is 40.0. The Morgan fingerprint density at radius 3 is 2.19 bits per heavy atom. The van der Waals surface area contributed by atoms with Crippen molar-refractivity contribution in [3.63, 3.8) is 0 Å². The van der Waals surface area contributed by atoms with Gasteiger partial charge >= 0.3 is 5.97 Å². The molecule has 3 N–H and O–H groups in total. The predicted octanol–water partition coefficient (Wildman–Crippen LogP) is 6.84. The van der Waals surface area contributed by atoms with E-state index in [2.05, 4.69) is 27.7 Å². The van der Waals surface area contributed by atoms with Gasteiger partial charge in [-0.3, -0.25) is 9.59 Å². The monoisotopic (exact) mass is 765 g/mol. The minimum atomic E-state index is -1.16. The number of methoxy groups -OCH3 is 1. The molecule has 5 aliphatic rings. The van der Waals surface area contributed by atoms with Crippen LogP contribution < -0.4 is 0 Å². The molecule has 5 aliphatic heterocycles. The molecule has 0 aromatic rings. The molecule has 0 aromatic carbocycles. The van der Waals surface area contributed by atoms with Crippen molar-refractivity contribution in [3.05, 3.63) is 12.2 Å². The van der Waals surface area contributed by atoms with E-state index in [1.165, 1.54) is 0 Å². The second-order valence-electron chi connectivity index (χ2n) is 18.1. The number of aliphatic hydroxyl groups excluding tert-OH is 1. The lowest BCUT2D eigenvalue weighted by atomic mass is 9.72. The van der Waals surface area contributed by atoms with Gasteiger partial charge in [0.15, 0.2) is 5.79 Å². The van der Waals surface area contributed by atoms with Crippen LogP contribution >= 0.6 is 0 Å². The molecule has 11 nitrogen and oxygen atoms in total. The van der Waals surface area contributed by atoms with Gasteiger partial charge in [-0.2, -0.15) is 0 Å².